The van der Waals surface area contributed by atoms with E-state index in [1.165, 1.54) is 66.5 Å². The Morgan fingerprint density at radius 1 is 0.970 bits per heavy atom. The van der Waals surface area contributed by atoms with Crippen molar-refractivity contribution in [3.8, 4) is 28.4 Å². The third-order valence-corrected chi connectivity index (χ3v) is 6.92. The van der Waals surface area contributed by atoms with Crippen LogP contribution in [0.1, 0.15) is 5.56 Å². The average molecular weight is 471 g/mol. The van der Waals surface area contributed by atoms with Gasteiger partial charge in [-0.05, 0) is 42.0 Å². The van der Waals surface area contributed by atoms with Gasteiger partial charge in [0.15, 0.2) is 0 Å². The van der Waals surface area contributed by atoms with Crippen LogP contribution < -0.4 is 0 Å². The van der Waals surface area contributed by atoms with Gasteiger partial charge in [0.1, 0.15) is 33.7 Å². The second kappa shape index (κ2) is 8.64. The molecule has 2 N–H and O–H groups in total. The van der Waals surface area contributed by atoms with Gasteiger partial charge in [-0.1, -0.05) is 24.3 Å². The van der Waals surface area contributed by atoms with Crippen LogP contribution in [0, 0.1) is 11.6 Å². The molecule has 0 fully saturated rings. The maximum Gasteiger partial charge on any atom is 0.246 e. The van der Waals surface area contributed by atoms with Gasteiger partial charge in [0, 0.05) is 25.2 Å². The third-order valence-electron chi connectivity index (χ3n) is 5.08. The molecule has 1 heterocycles. The standard InChI is InChI=1S/C23H19F2N3O4S/c1-27(14-15-6-8-16(24)9-7-15)33(31,32)23-12-17(21(29)13-22(23)30)19-10-11-26-28(19)20-5-3-2-4-18(20)25/h2-13,29-30H,14H2,1H3. The van der Waals surface area contributed by atoms with E-state index < -0.39 is 38.1 Å². The topological polar surface area (TPSA) is 95.7 Å². The van der Waals surface area contributed by atoms with Gasteiger partial charge in [-0.3, -0.25) is 0 Å². The molecule has 1 aromatic heterocycles. The summed E-state index contributed by atoms with van der Waals surface area (Å²) in [6, 6.07) is 14.7. The molecule has 0 spiro atoms. The zero-order chi connectivity index (χ0) is 23.8. The Morgan fingerprint density at radius 3 is 2.36 bits per heavy atom. The SMILES string of the molecule is CN(Cc1ccc(F)cc1)S(=O)(=O)c1cc(-c2ccnn2-c2ccccc2F)c(O)cc1O. The van der Waals surface area contributed by atoms with Crippen molar-refractivity contribution in [2.75, 3.05) is 7.05 Å². The number of phenolic OH excluding ortho intramolecular Hbond substituents is 2. The number of phenols is 2. The Balaban J connectivity index is 1.77. The number of sulfonamides is 1. The van der Waals surface area contributed by atoms with Crippen molar-refractivity contribution in [2.45, 2.75) is 11.4 Å². The van der Waals surface area contributed by atoms with Crippen molar-refractivity contribution in [2.24, 2.45) is 0 Å². The highest BCUT2D eigenvalue weighted by Gasteiger charge is 2.27. The Hall–Kier alpha value is -3.76. The predicted octanol–water partition coefficient (Wildman–Crippen LogP) is 4.05. The number of hydrogen-bond acceptors (Lipinski definition) is 5. The molecule has 0 bridgehead atoms. The molecule has 0 aliphatic carbocycles. The first-order valence-corrected chi connectivity index (χ1v) is 11.2. The summed E-state index contributed by atoms with van der Waals surface area (Å²) in [5.41, 5.74) is 0.888. The molecular weight excluding hydrogens is 452 g/mol. The van der Waals surface area contributed by atoms with E-state index in [4.69, 9.17) is 0 Å². The van der Waals surface area contributed by atoms with Crippen molar-refractivity contribution < 1.29 is 27.4 Å². The van der Waals surface area contributed by atoms with Gasteiger partial charge in [0.05, 0.1) is 11.9 Å². The molecular formula is C23H19F2N3O4S. The third kappa shape index (κ3) is 4.30. The Bertz CT molecular complexity index is 1420. The van der Waals surface area contributed by atoms with E-state index in [9.17, 15) is 27.4 Å². The number of rotatable bonds is 6. The zero-order valence-corrected chi connectivity index (χ0v) is 18.2. The van der Waals surface area contributed by atoms with Crippen molar-refractivity contribution >= 4 is 10.0 Å². The molecule has 0 atom stereocenters. The first kappa shape index (κ1) is 22.4. The molecule has 170 valence electrons. The molecule has 4 aromatic rings. The molecule has 0 aliphatic heterocycles. The number of hydrogen-bond donors (Lipinski definition) is 2. The van der Waals surface area contributed by atoms with Crippen LogP contribution in [0.3, 0.4) is 0 Å². The summed E-state index contributed by atoms with van der Waals surface area (Å²) in [6.07, 6.45) is 1.38. The summed E-state index contributed by atoms with van der Waals surface area (Å²) in [5, 5.41) is 24.9. The minimum Gasteiger partial charge on any atom is -0.507 e. The van der Waals surface area contributed by atoms with Gasteiger partial charge < -0.3 is 10.2 Å². The van der Waals surface area contributed by atoms with E-state index in [1.807, 2.05) is 0 Å². The summed E-state index contributed by atoms with van der Waals surface area (Å²) in [6.45, 7) is -0.0780. The van der Waals surface area contributed by atoms with Crippen LogP contribution in [0.5, 0.6) is 11.5 Å². The molecule has 7 nitrogen and oxygen atoms in total. The largest absolute Gasteiger partial charge is 0.507 e. The van der Waals surface area contributed by atoms with E-state index >= 15 is 0 Å². The average Bonchev–Trinajstić information content (AvgIpc) is 3.24. The van der Waals surface area contributed by atoms with Crippen LogP contribution >= 0.6 is 0 Å². The minimum absolute atomic E-state index is 0.0299. The number of benzene rings is 3. The van der Waals surface area contributed by atoms with Gasteiger partial charge >= 0.3 is 0 Å². The quantitative estimate of drug-likeness (QED) is 0.442. The molecule has 33 heavy (non-hydrogen) atoms. The molecule has 0 radical (unpaired) electrons. The van der Waals surface area contributed by atoms with E-state index in [1.54, 1.807) is 6.07 Å². The first-order valence-electron chi connectivity index (χ1n) is 9.74. The molecule has 3 aromatic carbocycles. The first-order chi connectivity index (χ1) is 15.7. The van der Waals surface area contributed by atoms with Crippen molar-refractivity contribution in [3.05, 3.63) is 90.1 Å². The molecule has 0 unspecified atom stereocenters. The summed E-state index contributed by atoms with van der Waals surface area (Å²) < 4.78 is 56.1. The second-order valence-corrected chi connectivity index (χ2v) is 9.32. The van der Waals surface area contributed by atoms with Gasteiger partial charge in [-0.25, -0.2) is 21.9 Å². The number of nitrogens with zero attached hydrogens (tertiary/aromatic N) is 3. The number of para-hydroxylation sites is 1. The highest BCUT2D eigenvalue weighted by atomic mass is 32.2. The highest BCUT2D eigenvalue weighted by Crippen LogP contribution is 2.38. The summed E-state index contributed by atoms with van der Waals surface area (Å²) >= 11 is 0. The van der Waals surface area contributed by atoms with Crippen molar-refractivity contribution in [1.82, 2.24) is 14.1 Å². The predicted molar refractivity (Wildman–Crippen MR) is 117 cm³/mol. The lowest BCUT2D eigenvalue weighted by atomic mass is 10.1. The lowest BCUT2D eigenvalue weighted by Crippen LogP contribution is -2.26. The smallest absolute Gasteiger partial charge is 0.246 e. The van der Waals surface area contributed by atoms with Gasteiger partial charge in [0.2, 0.25) is 10.0 Å². The molecule has 10 heteroatoms. The van der Waals surface area contributed by atoms with Crippen LogP contribution in [0.2, 0.25) is 0 Å². The maximum atomic E-state index is 14.3. The van der Waals surface area contributed by atoms with E-state index in [0.29, 0.717) is 5.56 Å². The second-order valence-electron chi connectivity index (χ2n) is 7.30. The fourth-order valence-electron chi connectivity index (χ4n) is 3.39. The number of halogens is 2. The monoisotopic (exact) mass is 471 g/mol. The number of aromatic hydroxyl groups is 2. The van der Waals surface area contributed by atoms with Crippen LogP contribution in [0.15, 0.2) is 77.8 Å². The fourth-order valence-corrected chi connectivity index (χ4v) is 4.64. The molecule has 0 saturated heterocycles. The molecule has 4 rings (SSSR count). The summed E-state index contributed by atoms with van der Waals surface area (Å²) in [7, 11) is -2.91. The van der Waals surface area contributed by atoms with Crippen LogP contribution in [-0.2, 0) is 16.6 Å². The molecule has 0 saturated carbocycles. The molecule has 0 amide bonds. The van der Waals surface area contributed by atoms with Gasteiger partial charge in [-0.15, -0.1) is 0 Å². The lowest BCUT2D eigenvalue weighted by molar-refractivity contribution is 0.430. The maximum absolute atomic E-state index is 14.3. The van der Waals surface area contributed by atoms with E-state index in [-0.39, 0.29) is 23.5 Å². The van der Waals surface area contributed by atoms with E-state index in [0.717, 1.165) is 16.4 Å². The summed E-state index contributed by atoms with van der Waals surface area (Å²) in [5.74, 6) is -2.07. The molecule has 0 aliphatic rings. The Morgan fingerprint density at radius 2 is 1.67 bits per heavy atom. The Labute approximate surface area is 188 Å². The van der Waals surface area contributed by atoms with Crippen LogP contribution in [0.4, 0.5) is 8.78 Å². The lowest BCUT2D eigenvalue weighted by Gasteiger charge is -2.19. The van der Waals surface area contributed by atoms with E-state index in [2.05, 4.69) is 5.10 Å². The highest BCUT2D eigenvalue weighted by molar-refractivity contribution is 7.89. The fraction of sp³-hybridized carbons (Fsp3) is 0.0870. The van der Waals surface area contributed by atoms with Crippen molar-refractivity contribution in [3.63, 3.8) is 0 Å². The van der Waals surface area contributed by atoms with Gasteiger partial charge in [-0.2, -0.15) is 9.40 Å². The Kier molecular flexibility index (Phi) is 5.88. The van der Waals surface area contributed by atoms with Gasteiger partial charge in [0.25, 0.3) is 0 Å². The zero-order valence-electron chi connectivity index (χ0n) is 17.4. The van der Waals surface area contributed by atoms with Crippen LogP contribution in [0.25, 0.3) is 16.9 Å². The van der Waals surface area contributed by atoms with Crippen molar-refractivity contribution in [1.29, 1.82) is 0 Å². The number of aromatic nitrogens is 2. The normalized spacial score (nSPS) is 11.8. The summed E-state index contributed by atoms with van der Waals surface area (Å²) in [4.78, 5) is -0.457. The van der Waals surface area contributed by atoms with Crippen LogP contribution in [-0.4, -0.2) is 39.8 Å². The minimum atomic E-state index is -4.22.